The molecule has 0 spiro atoms. The highest BCUT2D eigenvalue weighted by molar-refractivity contribution is 6.31. The van der Waals surface area contributed by atoms with Crippen LogP contribution in [0.15, 0.2) is 12.3 Å². The van der Waals surface area contributed by atoms with Crippen molar-refractivity contribution in [3.63, 3.8) is 0 Å². The summed E-state index contributed by atoms with van der Waals surface area (Å²) in [5, 5.41) is 8.93. The second-order valence-corrected chi connectivity index (χ2v) is 2.56. The van der Waals surface area contributed by atoms with Crippen molar-refractivity contribution in [2.45, 2.75) is 13.2 Å². The molecule has 1 N–H and O–H groups in total. The minimum Gasteiger partial charge on any atom is -0.417 e. The lowest BCUT2D eigenvalue weighted by atomic mass is 10.3. The summed E-state index contributed by atoms with van der Waals surface area (Å²) in [5.41, 5.74) is 0.298. The van der Waals surface area contributed by atoms with Gasteiger partial charge in [0.1, 0.15) is 0 Å². The summed E-state index contributed by atoms with van der Waals surface area (Å²) < 4.78 is 27.4. The second kappa shape index (κ2) is 4.34. The monoisotopic (exact) mass is 209 g/mol. The maximum absolute atomic E-state index is 11.7. The molecular weight excluding hydrogens is 204 g/mol. The third-order valence-corrected chi connectivity index (χ3v) is 1.63. The largest absolute Gasteiger partial charge is 0.417 e. The molecule has 0 atom stereocenters. The predicted molar refractivity (Wildman–Crippen MR) is 41.8 cm³/mol. The number of hydrogen-bond donors (Lipinski definition) is 1. The number of halogens is 3. The molecule has 3 nitrogen and oxygen atoms in total. The van der Waals surface area contributed by atoms with E-state index in [0.717, 1.165) is 12.3 Å². The van der Waals surface area contributed by atoms with Crippen LogP contribution in [0.5, 0.6) is 5.88 Å². The number of hydrogen-bond acceptors (Lipinski definition) is 3. The minimum absolute atomic E-state index is 0.212. The van der Waals surface area contributed by atoms with Gasteiger partial charge in [0.15, 0.2) is 0 Å². The number of alkyl halides is 2. The number of rotatable bonds is 3. The van der Waals surface area contributed by atoms with Gasteiger partial charge >= 0.3 is 6.61 Å². The number of aromatic nitrogens is 1. The molecule has 0 aliphatic rings. The molecule has 0 unspecified atom stereocenters. The van der Waals surface area contributed by atoms with Gasteiger partial charge in [-0.3, -0.25) is 0 Å². The molecule has 0 saturated carbocycles. The molecule has 1 aromatic heterocycles. The Morgan fingerprint density at radius 1 is 1.62 bits per heavy atom. The zero-order valence-corrected chi connectivity index (χ0v) is 7.13. The van der Waals surface area contributed by atoms with Crippen molar-refractivity contribution >= 4 is 11.6 Å². The fourth-order valence-corrected chi connectivity index (χ4v) is 0.898. The van der Waals surface area contributed by atoms with Crippen LogP contribution in [-0.4, -0.2) is 16.7 Å². The van der Waals surface area contributed by atoms with Gasteiger partial charge in [-0.05, 0) is 0 Å². The Morgan fingerprint density at radius 3 is 2.85 bits per heavy atom. The zero-order chi connectivity index (χ0) is 9.84. The first-order valence-corrected chi connectivity index (χ1v) is 3.71. The minimum atomic E-state index is -2.93. The first kappa shape index (κ1) is 10.1. The van der Waals surface area contributed by atoms with E-state index in [9.17, 15) is 8.78 Å². The number of ether oxygens (including phenoxy) is 1. The van der Waals surface area contributed by atoms with Crippen LogP contribution < -0.4 is 4.74 Å². The van der Waals surface area contributed by atoms with E-state index < -0.39 is 6.61 Å². The van der Waals surface area contributed by atoms with Crippen molar-refractivity contribution in [3.8, 4) is 5.88 Å². The molecule has 0 radical (unpaired) electrons. The molecule has 72 valence electrons. The second-order valence-electron chi connectivity index (χ2n) is 2.15. The summed E-state index contributed by atoms with van der Waals surface area (Å²) in [5.74, 6) is -0.261. The zero-order valence-electron chi connectivity index (χ0n) is 6.38. The molecule has 0 saturated heterocycles. The summed E-state index contributed by atoms with van der Waals surface area (Å²) in [6.07, 6.45) is 1.14. The first-order valence-electron chi connectivity index (χ1n) is 3.33. The molecular formula is C7H6ClF2NO2. The number of aliphatic hydroxyl groups excluding tert-OH is 1. The quantitative estimate of drug-likeness (QED) is 0.826. The predicted octanol–water partition coefficient (Wildman–Crippen LogP) is 1.83. The summed E-state index contributed by atoms with van der Waals surface area (Å²) in [4.78, 5) is 3.48. The van der Waals surface area contributed by atoms with Gasteiger partial charge in [-0.25, -0.2) is 4.98 Å². The van der Waals surface area contributed by atoms with Gasteiger partial charge in [-0.2, -0.15) is 8.78 Å². The Morgan fingerprint density at radius 2 is 2.31 bits per heavy atom. The van der Waals surface area contributed by atoms with E-state index >= 15 is 0 Å². The normalized spacial score (nSPS) is 10.5. The lowest BCUT2D eigenvalue weighted by molar-refractivity contribution is -0.0529. The smallest absolute Gasteiger partial charge is 0.388 e. The molecule has 0 amide bonds. The highest BCUT2D eigenvalue weighted by Crippen LogP contribution is 2.20. The number of aliphatic hydroxyl groups is 1. The molecule has 1 rings (SSSR count). The maximum atomic E-state index is 11.7. The van der Waals surface area contributed by atoms with Crippen LogP contribution in [-0.2, 0) is 6.61 Å². The highest BCUT2D eigenvalue weighted by Gasteiger charge is 2.07. The van der Waals surface area contributed by atoms with Crippen LogP contribution in [0.4, 0.5) is 8.78 Å². The lowest BCUT2D eigenvalue weighted by Crippen LogP contribution is -2.04. The van der Waals surface area contributed by atoms with Crippen LogP contribution in [0.25, 0.3) is 0 Å². The Labute approximate surface area is 77.9 Å². The van der Waals surface area contributed by atoms with Crippen molar-refractivity contribution in [1.82, 2.24) is 4.98 Å². The third-order valence-electron chi connectivity index (χ3n) is 1.29. The molecule has 0 fully saturated rings. The Hall–Kier alpha value is -0.940. The summed E-state index contributed by atoms with van der Waals surface area (Å²) >= 11 is 5.57. The molecule has 1 aromatic rings. The fraction of sp³-hybridized carbons (Fsp3) is 0.286. The Balaban J connectivity index is 2.86. The molecule has 0 aliphatic heterocycles. The molecule has 6 heteroatoms. The fourth-order valence-electron chi connectivity index (χ4n) is 0.735. The maximum Gasteiger partial charge on any atom is 0.388 e. The van der Waals surface area contributed by atoms with Crippen LogP contribution in [0.1, 0.15) is 5.56 Å². The van der Waals surface area contributed by atoms with E-state index in [1.165, 1.54) is 0 Å². The average Bonchev–Trinajstić information content (AvgIpc) is 2.07. The average molecular weight is 210 g/mol. The van der Waals surface area contributed by atoms with Gasteiger partial charge in [0.25, 0.3) is 0 Å². The molecule has 1 heterocycles. The van der Waals surface area contributed by atoms with Gasteiger partial charge in [0, 0.05) is 17.8 Å². The van der Waals surface area contributed by atoms with Crippen LogP contribution in [0.3, 0.4) is 0 Å². The molecule has 0 aliphatic carbocycles. The molecule has 0 aromatic carbocycles. The number of pyridine rings is 1. The number of nitrogens with zero attached hydrogens (tertiary/aromatic N) is 1. The van der Waals surface area contributed by atoms with Gasteiger partial charge < -0.3 is 9.84 Å². The van der Waals surface area contributed by atoms with Gasteiger partial charge in [0.2, 0.25) is 5.88 Å². The molecule has 0 bridgehead atoms. The van der Waals surface area contributed by atoms with E-state index in [0.29, 0.717) is 5.56 Å². The van der Waals surface area contributed by atoms with Crippen molar-refractivity contribution in [3.05, 3.63) is 22.8 Å². The summed E-state index contributed by atoms with van der Waals surface area (Å²) in [7, 11) is 0. The standard InChI is InChI=1S/C7H6ClF2NO2/c8-5-2-11-6(13-7(9)10)1-4(5)3-12/h1-2,7,12H,3H2. The Kier molecular flexibility index (Phi) is 3.39. The van der Waals surface area contributed by atoms with Gasteiger partial charge in [-0.15, -0.1) is 0 Å². The summed E-state index contributed by atoms with van der Waals surface area (Å²) in [6, 6.07) is 1.16. The van der Waals surface area contributed by atoms with Gasteiger partial charge in [0.05, 0.1) is 11.6 Å². The van der Waals surface area contributed by atoms with Gasteiger partial charge in [-0.1, -0.05) is 11.6 Å². The van der Waals surface area contributed by atoms with Crippen molar-refractivity contribution in [1.29, 1.82) is 0 Å². The van der Waals surface area contributed by atoms with E-state index in [4.69, 9.17) is 16.7 Å². The third kappa shape index (κ3) is 2.78. The van der Waals surface area contributed by atoms with E-state index in [2.05, 4.69) is 9.72 Å². The topological polar surface area (TPSA) is 42.4 Å². The van der Waals surface area contributed by atoms with Crippen LogP contribution in [0, 0.1) is 0 Å². The Bertz CT molecular complexity index is 296. The van der Waals surface area contributed by atoms with Crippen molar-refractivity contribution in [2.24, 2.45) is 0 Å². The van der Waals surface area contributed by atoms with Crippen LogP contribution in [0.2, 0.25) is 5.02 Å². The lowest BCUT2D eigenvalue weighted by Gasteiger charge is -2.05. The molecule has 13 heavy (non-hydrogen) atoms. The summed E-state index contributed by atoms with van der Waals surface area (Å²) in [6.45, 7) is -3.28. The SMILES string of the molecule is OCc1cc(OC(F)F)ncc1Cl. The van der Waals surface area contributed by atoms with E-state index in [1.807, 2.05) is 0 Å². The highest BCUT2D eigenvalue weighted by atomic mass is 35.5. The first-order chi connectivity index (χ1) is 6.13. The van der Waals surface area contributed by atoms with E-state index in [-0.39, 0.29) is 17.5 Å². The van der Waals surface area contributed by atoms with Crippen molar-refractivity contribution < 1.29 is 18.6 Å². The van der Waals surface area contributed by atoms with E-state index in [1.54, 1.807) is 0 Å². The van der Waals surface area contributed by atoms with Crippen molar-refractivity contribution in [2.75, 3.05) is 0 Å². The van der Waals surface area contributed by atoms with Crippen LogP contribution >= 0.6 is 11.6 Å².